The van der Waals surface area contributed by atoms with Crippen LogP contribution in [-0.4, -0.2) is 38.1 Å². The molecule has 128 valence electrons. The Morgan fingerprint density at radius 1 is 1.24 bits per heavy atom. The highest BCUT2D eigenvalue weighted by Crippen LogP contribution is 2.22. The van der Waals surface area contributed by atoms with Crippen LogP contribution in [0.3, 0.4) is 0 Å². The number of nitrogens with zero attached hydrogens (tertiary/aromatic N) is 4. The molecule has 0 aliphatic carbocycles. The van der Waals surface area contributed by atoms with Crippen molar-refractivity contribution in [1.29, 1.82) is 0 Å². The van der Waals surface area contributed by atoms with Gasteiger partial charge in [-0.25, -0.2) is 4.39 Å². The average molecular weight is 375 g/mol. The highest BCUT2D eigenvalue weighted by Gasteiger charge is 2.10. The molecule has 3 aromatic rings. The molecular formula is C16H14FN5OS2. The van der Waals surface area contributed by atoms with Crippen LogP contribution in [0, 0.1) is 5.82 Å². The minimum absolute atomic E-state index is 0.117. The van der Waals surface area contributed by atoms with E-state index in [1.54, 1.807) is 41.1 Å². The van der Waals surface area contributed by atoms with Crippen molar-refractivity contribution in [2.45, 2.75) is 10.1 Å². The van der Waals surface area contributed by atoms with E-state index in [2.05, 4.69) is 20.8 Å². The zero-order valence-corrected chi connectivity index (χ0v) is 14.9. The topological polar surface area (TPSA) is 72.7 Å². The summed E-state index contributed by atoms with van der Waals surface area (Å²) in [5.74, 6) is -0.427. The van der Waals surface area contributed by atoms with Gasteiger partial charge < -0.3 is 5.32 Å². The molecule has 0 bridgehead atoms. The molecule has 0 atom stereocenters. The van der Waals surface area contributed by atoms with Gasteiger partial charge >= 0.3 is 0 Å². The van der Waals surface area contributed by atoms with Gasteiger partial charge in [0, 0.05) is 10.6 Å². The second-order valence-corrected chi connectivity index (χ2v) is 6.69. The summed E-state index contributed by atoms with van der Waals surface area (Å²) < 4.78 is 15.2. The molecule has 0 unspecified atom stereocenters. The highest BCUT2D eigenvalue weighted by atomic mass is 32.2. The Labute approximate surface area is 152 Å². The lowest BCUT2D eigenvalue weighted by atomic mass is 10.3. The Morgan fingerprint density at radius 2 is 2.08 bits per heavy atom. The number of anilines is 1. The van der Waals surface area contributed by atoms with E-state index >= 15 is 0 Å². The van der Waals surface area contributed by atoms with E-state index in [1.807, 2.05) is 12.3 Å². The summed E-state index contributed by atoms with van der Waals surface area (Å²) in [4.78, 5) is 12.6. The summed E-state index contributed by atoms with van der Waals surface area (Å²) in [6.07, 6.45) is 1.88. The summed E-state index contributed by atoms with van der Waals surface area (Å²) in [6.45, 7) is 0. The molecule has 0 spiro atoms. The van der Waals surface area contributed by atoms with Crippen LogP contribution in [0.15, 0.2) is 58.6 Å². The van der Waals surface area contributed by atoms with Crippen molar-refractivity contribution in [1.82, 2.24) is 20.2 Å². The monoisotopic (exact) mass is 375 g/mol. The summed E-state index contributed by atoms with van der Waals surface area (Å²) >= 11 is 2.58. The number of amides is 1. The van der Waals surface area contributed by atoms with Gasteiger partial charge in [0.2, 0.25) is 11.1 Å². The third-order valence-corrected chi connectivity index (χ3v) is 4.86. The SMILES string of the molecule is CSc1nnnn1-c1cccc(NC(=O)CSc2ccccc2F)c1. The van der Waals surface area contributed by atoms with Gasteiger partial charge in [-0.2, -0.15) is 4.68 Å². The fourth-order valence-electron chi connectivity index (χ4n) is 2.09. The Morgan fingerprint density at radius 3 is 2.88 bits per heavy atom. The number of thioether (sulfide) groups is 2. The van der Waals surface area contributed by atoms with Crippen LogP contribution in [0.2, 0.25) is 0 Å². The Bertz CT molecular complexity index is 886. The maximum Gasteiger partial charge on any atom is 0.234 e. The molecule has 1 aromatic heterocycles. The third-order valence-electron chi connectivity index (χ3n) is 3.19. The van der Waals surface area contributed by atoms with E-state index in [0.29, 0.717) is 15.7 Å². The van der Waals surface area contributed by atoms with Crippen LogP contribution < -0.4 is 5.32 Å². The normalized spacial score (nSPS) is 10.6. The first kappa shape index (κ1) is 17.4. The molecule has 0 saturated carbocycles. The molecule has 9 heteroatoms. The molecule has 0 aliphatic rings. The number of aromatic nitrogens is 4. The number of hydrogen-bond acceptors (Lipinski definition) is 6. The Hall–Kier alpha value is -2.39. The molecule has 3 rings (SSSR count). The van der Waals surface area contributed by atoms with Gasteiger partial charge in [-0.3, -0.25) is 4.79 Å². The van der Waals surface area contributed by atoms with Crippen molar-refractivity contribution in [2.75, 3.05) is 17.3 Å². The van der Waals surface area contributed by atoms with E-state index in [9.17, 15) is 9.18 Å². The summed E-state index contributed by atoms with van der Waals surface area (Å²) in [5, 5.41) is 15.0. The zero-order valence-electron chi connectivity index (χ0n) is 13.2. The van der Waals surface area contributed by atoms with Gasteiger partial charge in [0.15, 0.2) is 0 Å². The molecule has 6 nitrogen and oxygen atoms in total. The minimum atomic E-state index is -0.328. The third kappa shape index (κ3) is 4.37. The largest absolute Gasteiger partial charge is 0.325 e. The molecule has 0 saturated heterocycles. The zero-order chi connectivity index (χ0) is 17.6. The minimum Gasteiger partial charge on any atom is -0.325 e. The summed E-state index contributed by atoms with van der Waals surface area (Å²) in [7, 11) is 0. The van der Waals surface area contributed by atoms with Crippen LogP contribution in [-0.2, 0) is 4.79 Å². The van der Waals surface area contributed by atoms with E-state index in [-0.39, 0.29) is 17.5 Å². The second-order valence-electron chi connectivity index (χ2n) is 4.89. The molecule has 1 N–H and O–H groups in total. The van der Waals surface area contributed by atoms with Crippen LogP contribution in [0.5, 0.6) is 0 Å². The molecule has 25 heavy (non-hydrogen) atoms. The molecular weight excluding hydrogens is 361 g/mol. The smallest absolute Gasteiger partial charge is 0.234 e. The summed E-state index contributed by atoms with van der Waals surface area (Å²) in [5.41, 5.74) is 1.37. The van der Waals surface area contributed by atoms with E-state index in [1.165, 1.54) is 17.8 Å². The number of benzene rings is 2. The number of halogens is 1. The number of nitrogens with one attached hydrogen (secondary N) is 1. The maximum absolute atomic E-state index is 13.6. The lowest BCUT2D eigenvalue weighted by Gasteiger charge is -2.08. The molecule has 1 heterocycles. The first-order valence-electron chi connectivity index (χ1n) is 7.27. The van der Waals surface area contributed by atoms with E-state index < -0.39 is 0 Å². The fraction of sp³-hybridized carbons (Fsp3) is 0.125. The molecule has 0 aliphatic heterocycles. The van der Waals surface area contributed by atoms with Gasteiger partial charge in [-0.15, -0.1) is 16.9 Å². The average Bonchev–Trinajstić information content (AvgIpc) is 3.10. The predicted octanol–water partition coefficient (Wildman–Crippen LogP) is 3.25. The molecule has 0 radical (unpaired) electrons. The number of rotatable bonds is 6. The van der Waals surface area contributed by atoms with Crippen LogP contribution in [0.1, 0.15) is 0 Å². The number of carbonyl (C=O) groups is 1. The Balaban J connectivity index is 1.66. The number of hydrogen-bond donors (Lipinski definition) is 1. The molecule has 1 amide bonds. The van der Waals surface area contributed by atoms with Crippen molar-refractivity contribution in [3.05, 3.63) is 54.3 Å². The predicted molar refractivity (Wildman–Crippen MR) is 96.7 cm³/mol. The van der Waals surface area contributed by atoms with Gasteiger partial charge in [-0.1, -0.05) is 30.0 Å². The van der Waals surface area contributed by atoms with E-state index in [0.717, 1.165) is 17.4 Å². The van der Waals surface area contributed by atoms with Gasteiger partial charge in [0.25, 0.3) is 0 Å². The van der Waals surface area contributed by atoms with Crippen molar-refractivity contribution < 1.29 is 9.18 Å². The number of tetrazole rings is 1. The Kier molecular flexibility index (Phi) is 5.67. The highest BCUT2D eigenvalue weighted by molar-refractivity contribution is 8.00. The van der Waals surface area contributed by atoms with E-state index in [4.69, 9.17) is 0 Å². The van der Waals surface area contributed by atoms with Crippen LogP contribution in [0.4, 0.5) is 10.1 Å². The second kappa shape index (κ2) is 8.13. The van der Waals surface area contributed by atoms with Crippen LogP contribution >= 0.6 is 23.5 Å². The van der Waals surface area contributed by atoms with Crippen molar-refractivity contribution in [3.8, 4) is 5.69 Å². The molecule has 2 aromatic carbocycles. The maximum atomic E-state index is 13.6. The molecule has 0 fully saturated rings. The van der Waals surface area contributed by atoms with Crippen molar-refractivity contribution in [3.63, 3.8) is 0 Å². The van der Waals surface area contributed by atoms with Crippen molar-refractivity contribution >= 4 is 35.1 Å². The first-order valence-corrected chi connectivity index (χ1v) is 9.48. The fourth-order valence-corrected chi connectivity index (χ4v) is 3.26. The lowest BCUT2D eigenvalue weighted by molar-refractivity contribution is -0.113. The quantitative estimate of drug-likeness (QED) is 0.667. The summed E-state index contributed by atoms with van der Waals surface area (Å²) in [6, 6.07) is 13.6. The van der Waals surface area contributed by atoms with Crippen molar-refractivity contribution in [2.24, 2.45) is 0 Å². The number of carbonyl (C=O) groups excluding carboxylic acids is 1. The van der Waals surface area contributed by atoms with Crippen LogP contribution in [0.25, 0.3) is 5.69 Å². The lowest BCUT2D eigenvalue weighted by Crippen LogP contribution is -2.14. The van der Waals surface area contributed by atoms with Gasteiger partial charge in [-0.05, 0) is 47.0 Å². The standard InChI is InChI=1S/C16H14FN5OS2/c1-24-16-19-20-21-22(16)12-6-4-5-11(9-12)18-15(23)10-25-14-8-3-2-7-13(14)17/h2-9H,10H2,1H3,(H,18,23). The van der Waals surface area contributed by atoms with Gasteiger partial charge in [0.05, 0.1) is 11.4 Å². The van der Waals surface area contributed by atoms with Gasteiger partial charge in [0.1, 0.15) is 5.82 Å². The first-order chi connectivity index (χ1) is 12.2.